The Morgan fingerprint density at radius 2 is 1.89 bits per heavy atom. The second kappa shape index (κ2) is 8.08. The van der Waals surface area contributed by atoms with Gasteiger partial charge in [0.25, 0.3) is 11.5 Å². The Bertz CT molecular complexity index is 1380. The molecule has 2 aromatic heterocycles. The van der Waals surface area contributed by atoms with Gasteiger partial charge in [-0.1, -0.05) is 0 Å². The Morgan fingerprint density at radius 1 is 1.11 bits per heavy atom. The number of anilines is 1. The topological polar surface area (TPSA) is 94.2 Å². The first-order valence-corrected chi connectivity index (χ1v) is 12.0. The van der Waals surface area contributed by atoms with E-state index in [1.54, 1.807) is 18.2 Å². The van der Waals surface area contributed by atoms with E-state index in [1.165, 1.54) is 19.2 Å². The maximum absolute atomic E-state index is 14.6. The number of aromatic nitrogens is 3. The Morgan fingerprint density at radius 3 is 2.60 bits per heavy atom. The van der Waals surface area contributed by atoms with Crippen LogP contribution in [-0.4, -0.2) is 64.5 Å². The van der Waals surface area contributed by atoms with E-state index >= 15 is 0 Å². The number of nitrogens with zero attached hydrogens (tertiary/aromatic N) is 4. The van der Waals surface area contributed by atoms with E-state index in [1.807, 2.05) is 4.90 Å². The van der Waals surface area contributed by atoms with Crippen LogP contribution in [0.25, 0.3) is 10.9 Å². The largest absolute Gasteiger partial charge is 0.368 e. The highest BCUT2D eigenvalue weighted by Gasteiger charge is 2.59. The van der Waals surface area contributed by atoms with Crippen LogP contribution >= 0.6 is 0 Å². The van der Waals surface area contributed by atoms with Crippen molar-refractivity contribution in [2.75, 3.05) is 31.6 Å². The van der Waals surface area contributed by atoms with Crippen LogP contribution in [0.2, 0.25) is 0 Å². The fourth-order valence-electron chi connectivity index (χ4n) is 6.10. The molecular weight excluding hydrogens is 454 g/mol. The van der Waals surface area contributed by atoms with Crippen molar-refractivity contribution in [2.24, 2.45) is 0 Å². The fraction of sp³-hybridized carbons (Fsp3) is 0.440. The molecule has 3 aliphatic heterocycles. The molecule has 10 heteroatoms. The van der Waals surface area contributed by atoms with Gasteiger partial charge >= 0.3 is 0 Å². The van der Waals surface area contributed by atoms with Gasteiger partial charge < -0.3 is 15.2 Å². The van der Waals surface area contributed by atoms with Gasteiger partial charge in [-0.2, -0.15) is 4.39 Å². The molecule has 1 aliphatic carbocycles. The van der Waals surface area contributed by atoms with Crippen LogP contribution in [0.1, 0.15) is 42.0 Å². The number of nitrogens with one attached hydrogen (secondary N) is 2. The number of rotatable bonds is 4. The van der Waals surface area contributed by atoms with Crippen LogP contribution in [0.5, 0.6) is 0 Å². The summed E-state index contributed by atoms with van der Waals surface area (Å²) in [6.45, 7) is 2.24. The van der Waals surface area contributed by atoms with Crippen molar-refractivity contribution in [1.29, 1.82) is 0 Å². The molecule has 1 amide bonds. The predicted octanol–water partition coefficient (Wildman–Crippen LogP) is 2.34. The number of carbonyl (C=O) groups excluding carboxylic acids is 1. The summed E-state index contributed by atoms with van der Waals surface area (Å²) in [5.41, 5.74) is 0.541. The van der Waals surface area contributed by atoms with E-state index in [9.17, 15) is 18.4 Å². The van der Waals surface area contributed by atoms with Crippen LogP contribution in [-0.2, 0) is 5.41 Å². The Balaban J connectivity index is 1.14. The molecule has 2 N–H and O–H groups in total. The molecule has 8 nitrogen and oxygen atoms in total. The number of amides is 1. The summed E-state index contributed by atoms with van der Waals surface area (Å²) in [4.78, 5) is 40.3. The van der Waals surface area contributed by atoms with Crippen molar-refractivity contribution >= 4 is 22.5 Å². The number of benzene rings is 1. The molecule has 4 fully saturated rings. The minimum absolute atomic E-state index is 0.0660. The number of aromatic amines is 1. The first kappa shape index (κ1) is 22.1. The number of fused-ring (bicyclic) bond motifs is 2. The average Bonchev–Trinajstić information content (AvgIpc) is 3.41. The van der Waals surface area contributed by atoms with Crippen molar-refractivity contribution in [3.8, 4) is 0 Å². The molecule has 2 bridgehead atoms. The minimum atomic E-state index is -0.627. The van der Waals surface area contributed by atoms with Crippen molar-refractivity contribution in [3.05, 3.63) is 64.0 Å². The van der Waals surface area contributed by atoms with Gasteiger partial charge in [-0.3, -0.25) is 14.5 Å². The van der Waals surface area contributed by atoms with Crippen LogP contribution in [0.4, 0.5) is 14.5 Å². The molecule has 182 valence electrons. The number of pyridine rings is 1. The Hall–Kier alpha value is -3.40. The summed E-state index contributed by atoms with van der Waals surface area (Å²) in [7, 11) is 1.49. The zero-order valence-electron chi connectivity index (χ0n) is 19.4. The third-order valence-electron chi connectivity index (χ3n) is 7.94. The van der Waals surface area contributed by atoms with Gasteiger partial charge in [-0.15, -0.1) is 0 Å². The van der Waals surface area contributed by atoms with Crippen LogP contribution < -0.4 is 15.8 Å². The zero-order valence-corrected chi connectivity index (χ0v) is 19.4. The van der Waals surface area contributed by atoms with Gasteiger partial charge in [0.1, 0.15) is 17.3 Å². The van der Waals surface area contributed by atoms with E-state index in [0.717, 1.165) is 32.2 Å². The van der Waals surface area contributed by atoms with Crippen molar-refractivity contribution in [3.63, 3.8) is 0 Å². The van der Waals surface area contributed by atoms with Gasteiger partial charge in [-0.05, 0) is 56.0 Å². The zero-order chi connectivity index (χ0) is 24.3. The molecule has 3 saturated heterocycles. The van der Waals surface area contributed by atoms with Gasteiger partial charge in [0.15, 0.2) is 0 Å². The summed E-state index contributed by atoms with van der Waals surface area (Å²) < 4.78 is 28.2. The summed E-state index contributed by atoms with van der Waals surface area (Å²) in [5, 5.41) is 2.73. The third kappa shape index (κ3) is 3.58. The van der Waals surface area contributed by atoms with Crippen molar-refractivity contribution < 1.29 is 13.6 Å². The van der Waals surface area contributed by atoms with Gasteiger partial charge in [-0.25, -0.2) is 14.4 Å². The minimum Gasteiger partial charge on any atom is -0.368 e. The highest BCUT2D eigenvalue weighted by atomic mass is 19.1. The van der Waals surface area contributed by atoms with E-state index in [-0.39, 0.29) is 22.1 Å². The summed E-state index contributed by atoms with van der Waals surface area (Å²) in [6.07, 6.45) is 3.68. The van der Waals surface area contributed by atoms with Gasteiger partial charge in [0.2, 0.25) is 5.95 Å². The number of carbonyl (C=O) groups is 1. The molecule has 3 aromatic rings. The van der Waals surface area contributed by atoms with E-state index < -0.39 is 17.7 Å². The lowest BCUT2D eigenvalue weighted by molar-refractivity contribution is 0.0957. The number of halogens is 2. The fourth-order valence-corrected chi connectivity index (χ4v) is 6.10. The molecular formula is C25H26F2N6O2. The van der Waals surface area contributed by atoms with Crippen LogP contribution in [0.15, 0.2) is 35.1 Å². The number of H-pyrrole nitrogens is 1. The summed E-state index contributed by atoms with van der Waals surface area (Å²) >= 11 is 0. The monoisotopic (exact) mass is 480 g/mol. The molecule has 5 heterocycles. The van der Waals surface area contributed by atoms with E-state index in [4.69, 9.17) is 4.98 Å². The molecule has 0 unspecified atom stereocenters. The van der Waals surface area contributed by atoms with Crippen LogP contribution in [0, 0.1) is 11.8 Å². The molecule has 1 saturated carbocycles. The quantitative estimate of drug-likeness (QED) is 0.557. The molecule has 0 atom stereocenters. The SMILES string of the molecule is CNC(=O)c1ccc(N2CCC(N3CC4(c5nc6ccc(F)cc6c(=O)[nH]5)CC3C4)CC2)c(F)n1. The summed E-state index contributed by atoms with van der Waals surface area (Å²) in [6, 6.07) is 8.13. The second-order valence-corrected chi connectivity index (χ2v) is 9.89. The third-order valence-corrected chi connectivity index (χ3v) is 7.94. The Labute approximate surface area is 200 Å². The Kier molecular flexibility index (Phi) is 5.10. The number of hydrogen-bond donors (Lipinski definition) is 2. The highest BCUT2D eigenvalue weighted by molar-refractivity contribution is 5.92. The lowest BCUT2D eigenvalue weighted by atomic mass is 9.69. The maximum atomic E-state index is 14.6. The molecule has 0 spiro atoms. The molecule has 7 rings (SSSR count). The van der Waals surface area contributed by atoms with Crippen LogP contribution in [0.3, 0.4) is 0 Å². The lowest BCUT2D eigenvalue weighted by Gasteiger charge is -2.40. The van der Waals surface area contributed by atoms with Gasteiger partial charge in [0.05, 0.1) is 16.6 Å². The normalized spacial score (nSPS) is 24.5. The van der Waals surface area contributed by atoms with Crippen molar-refractivity contribution in [2.45, 2.75) is 43.2 Å². The second-order valence-electron chi connectivity index (χ2n) is 9.89. The predicted molar refractivity (Wildman–Crippen MR) is 127 cm³/mol. The summed E-state index contributed by atoms with van der Waals surface area (Å²) in [5.74, 6) is -0.790. The van der Waals surface area contributed by atoms with Gasteiger partial charge in [0, 0.05) is 44.2 Å². The molecule has 4 aliphatic rings. The highest BCUT2D eigenvalue weighted by Crippen LogP contribution is 2.53. The first-order chi connectivity index (χ1) is 16.9. The molecule has 1 aromatic carbocycles. The van der Waals surface area contributed by atoms with E-state index in [0.29, 0.717) is 42.2 Å². The lowest BCUT2D eigenvalue weighted by Crippen LogP contribution is -2.46. The number of piperidine rings is 1. The average molecular weight is 481 g/mol. The first-order valence-electron chi connectivity index (χ1n) is 12.0. The standard InChI is InChI=1S/C25H26F2N6O2/c1-28-23(35)19-4-5-20(21(27)29-19)32-8-6-15(7-9-32)33-13-25(11-16(33)12-25)24-30-18-3-2-14(26)10-17(18)22(34)31-24/h2-5,10,15-16H,6-9,11-13H2,1H3,(H,28,35)(H,30,31,34). The number of hydrogen-bond acceptors (Lipinski definition) is 6. The van der Waals surface area contributed by atoms with E-state index in [2.05, 4.69) is 20.2 Å². The van der Waals surface area contributed by atoms with Crippen molar-refractivity contribution in [1.82, 2.24) is 25.2 Å². The smallest absolute Gasteiger partial charge is 0.269 e. The molecule has 0 radical (unpaired) electrons. The maximum Gasteiger partial charge on any atom is 0.269 e. The molecule has 35 heavy (non-hydrogen) atoms.